The summed E-state index contributed by atoms with van der Waals surface area (Å²) in [5, 5.41) is 0. The number of carbonyl (C=O) groups excluding carboxylic acids is 1. The lowest BCUT2D eigenvalue weighted by Crippen LogP contribution is -2.49. The Bertz CT molecular complexity index is 327. The van der Waals surface area contributed by atoms with Gasteiger partial charge < -0.3 is 20.3 Å². The molecule has 5 heteroatoms. The average molecular weight is 283 g/mol. The van der Waals surface area contributed by atoms with Crippen molar-refractivity contribution in [2.24, 2.45) is 5.73 Å². The molecule has 2 saturated heterocycles. The fourth-order valence-corrected chi connectivity index (χ4v) is 3.26. The molecule has 0 aromatic heterocycles. The minimum absolute atomic E-state index is 0.0696. The number of hydrogen-bond donors (Lipinski definition) is 1. The number of ether oxygens (including phenoxy) is 1. The van der Waals surface area contributed by atoms with E-state index in [2.05, 4.69) is 18.7 Å². The summed E-state index contributed by atoms with van der Waals surface area (Å²) >= 11 is 0. The van der Waals surface area contributed by atoms with Crippen molar-refractivity contribution in [3.05, 3.63) is 0 Å². The lowest BCUT2D eigenvalue weighted by Gasteiger charge is -2.39. The van der Waals surface area contributed by atoms with Gasteiger partial charge in [-0.3, -0.25) is 4.79 Å². The summed E-state index contributed by atoms with van der Waals surface area (Å²) < 4.78 is 5.72. The van der Waals surface area contributed by atoms with Gasteiger partial charge in [-0.25, -0.2) is 0 Å². The van der Waals surface area contributed by atoms with Crippen molar-refractivity contribution in [3.8, 4) is 0 Å². The van der Waals surface area contributed by atoms with Gasteiger partial charge in [-0.1, -0.05) is 0 Å². The van der Waals surface area contributed by atoms with Crippen LogP contribution < -0.4 is 5.73 Å². The van der Waals surface area contributed by atoms with Gasteiger partial charge in [0.1, 0.15) is 6.10 Å². The minimum atomic E-state index is -0.267. The molecule has 0 radical (unpaired) electrons. The van der Waals surface area contributed by atoms with Crippen LogP contribution in [0.3, 0.4) is 0 Å². The van der Waals surface area contributed by atoms with Crippen LogP contribution in [0, 0.1) is 0 Å². The average Bonchev–Trinajstić information content (AvgIpc) is 2.94. The first-order valence-corrected chi connectivity index (χ1v) is 7.89. The first-order valence-electron chi connectivity index (χ1n) is 7.89. The van der Waals surface area contributed by atoms with Crippen LogP contribution in [-0.2, 0) is 9.53 Å². The van der Waals surface area contributed by atoms with Crippen LogP contribution in [0.25, 0.3) is 0 Å². The SMILES string of the molecule is CC(C)N1CCC(N(C)C(=O)[C@@H]2CC[C@H](CN)O2)CC1. The van der Waals surface area contributed by atoms with Crippen molar-refractivity contribution in [1.29, 1.82) is 0 Å². The van der Waals surface area contributed by atoms with Gasteiger partial charge in [-0.05, 0) is 39.5 Å². The van der Waals surface area contributed by atoms with Crippen molar-refractivity contribution in [2.75, 3.05) is 26.7 Å². The van der Waals surface area contributed by atoms with E-state index in [0.717, 1.165) is 38.8 Å². The zero-order valence-electron chi connectivity index (χ0n) is 13.0. The van der Waals surface area contributed by atoms with E-state index in [0.29, 0.717) is 18.6 Å². The molecule has 2 N–H and O–H groups in total. The molecule has 0 spiro atoms. The molecule has 2 aliphatic rings. The third-order valence-corrected chi connectivity index (χ3v) is 4.77. The maximum absolute atomic E-state index is 12.5. The molecule has 0 unspecified atom stereocenters. The Balaban J connectivity index is 1.83. The first kappa shape index (κ1) is 15.7. The monoisotopic (exact) mass is 283 g/mol. The number of likely N-dealkylation sites (tertiary alicyclic amines) is 1. The lowest BCUT2D eigenvalue weighted by atomic mass is 10.0. The summed E-state index contributed by atoms with van der Waals surface area (Å²) in [6.07, 6.45) is 3.65. The Hall–Kier alpha value is -0.650. The molecular weight excluding hydrogens is 254 g/mol. The van der Waals surface area contributed by atoms with Crippen LogP contribution in [0.5, 0.6) is 0 Å². The zero-order chi connectivity index (χ0) is 14.7. The molecule has 0 aromatic carbocycles. The topological polar surface area (TPSA) is 58.8 Å². The molecule has 0 aromatic rings. The van der Waals surface area contributed by atoms with Crippen LogP contribution in [-0.4, -0.2) is 66.7 Å². The summed E-state index contributed by atoms with van der Waals surface area (Å²) in [5.41, 5.74) is 5.60. The minimum Gasteiger partial charge on any atom is -0.364 e. The number of nitrogens with two attached hydrogens (primary N) is 1. The molecular formula is C15H29N3O2. The molecule has 20 heavy (non-hydrogen) atoms. The Kier molecular flexibility index (Phi) is 5.41. The zero-order valence-corrected chi connectivity index (χ0v) is 13.0. The summed E-state index contributed by atoms with van der Waals surface area (Å²) in [7, 11) is 1.93. The molecule has 0 bridgehead atoms. The second kappa shape index (κ2) is 6.87. The van der Waals surface area contributed by atoms with Gasteiger partial charge in [0.25, 0.3) is 5.91 Å². The number of hydrogen-bond acceptors (Lipinski definition) is 4. The van der Waals surface area contributed by atoms with E-state index in [1.165, 1.54) is 0 Å². The number of piperidine rings is 1. The Morgan fingerprint density at radius 1 is 1.30 bits per heavy atom. The van der Waals surface area contributed by atoms with Crippen LogP contribution in [0.1, 0.15) is 39.5 Å². The number of amides is 1. The molecule has 5 nitrogen and oxygen atoms in total. The van der Waals surface area contributed by atoms with Crippen molar-refractivity contribution in [1.82, 2.24) is 9.80 Å². The highest BCUT2D eigenvalue weighted by atomic mass is 16.5. The molecule has 0 aliphatic carbocycles. The highest BCUT2D eigenvalue weighted by Gasteiger charge is 2.35. The third-order valence-electron chi connectivity index (χ3n) is 4.77. The molecule has 2 atom stereocenters. The largest absolute Gasteiger partial charge is 0.364 e. The van der Waals surface area contributed by atoms with Crippen molar-refractivity contribution in [2.45, 2.75) is 63.8 Å². The number of rotatable bonds is 4. The molecule has 2 rings (SSSR count). The molecule has 0 saturated carbocycles. The van der Waals surface area contributed by atoms with Gasteiger partial charge in [0.15, 0.2) is 0 Å². The van der Waals surface area contributed by atoms with Gasteiger partial charge >= 0.3 is 0 Å². The predicted molar refractivity (Wildman–Crippen MR) is 79.5 cm³/mol. The quantitative estimate of drug-likeness (QED) is 0.830. The van der Waals surface area contributed by atoms with E-state index in [1.807, 2.05) is 11.9 Å². The Morgan fingerprint density at radius 3 is 2.45 bits per heavy atom. The maximum atomic E-state index is 12.5. The Morgan fingerprint density at radius 2 is 1.95 bits per heavy atom. The van der Waals surface area contributed by atoms with Crippen LogP contribution in [0.15, 0.2) is 0 Å². The fourth-order valence-electron chi connectivity index (χ4n) is 3.26. The van der Waals surface area contributed by atoms with Crippen LogP contribution >= 0.6 is 0 Å². The summed E-state index contributed by atoms with van der Waals surface area (Å²) in [5.74, 6) is 0.143. The highest BCUT2D eigenvalue weighted by Crippen LogP contribution is 2.23. The number of carbonyl (C=O) groups is 1. The van der Waals surface area contributed by atoms with Gasteiger partial charge in [0, 0.05) is 38.8 Å². The standard InChI is InChI=1S/C15H29N3O2/c1-11(2)18-8-6-12(7-9-18)17(3)15(19)14-5-4-13(10-16)20-14/h11-14H,4-10,16H2,1-3H3/t13-,14+/m1/s1. The van der Waals surface area contributed by atoms with Crippen molar-refractivity contribution < 1.29 is 9.53 Å². The number of nitrogens with zero attached hydrogens (tertiary/aromatic N) is 2. The van der Waals surface area contributed by atoms with Gasteiger partial charge in [-0.2, -0.15) is 0 Å². The summed E-state index contributed by atoms with van der Waals surface area (Å²) in [6.45, 7) is 7.14. The van der Waals surface area contributed by atoms with Crippen LogP contribution in [0.2, 0.25) is 0 Å². The number of likely N-dealkylation sites (N-methyl/N-ethyl adjacent to an activating group) is 1. The van der Waals surface area contributed by atoms with E-state index in [4.69, 9.17) is 10.5 Å². The van der Waals surface area contributed by atoms with Gasteiger partial charge in [-0.15, -0.1) is 0 Å². The summed E-state index contributed by atoms with van der Waals surface area (Å²) in [6, 6.07) is 0.957. The smallest absolute Gasteiger partial charge is 0.251 e. The second-order valence-corrected chi connectivity index (χ2v) is 6.37. The molecule has 2 fully saturated rings. The van der Waals surface area contributed by atoms with E-state index < -0.39 is 0 Å². The van der Waals surface area contributed by atoms with Gasteiger partial charge in [0.2, 0.25) is 0 Å². The van der Waals surface area contributed by atoms with E-state index >= 15 is 0 Å². The highest BCUT2D eigenvalue weighted by molar-refractivity contribution is 5.81. The van der Waals surface area contributed by atoms with Crippen molar-refractivity contribution >= 4 is 5.91 Å². The molecule has 2 heterocycles. The van der Waals surface area contributed by atoms with E-state index in [-0.39, 0.29) is 18.1 Å². The predicted octanol–water partition coefficient (Wildman–Crippen LogP) is 0.824. The first-order chi connectivity index (χ1) is 9.52. The van der Waals surface area contributed by atoms with E-state index in [1.54, 1.807) is 0 Å². The summed E-state index contributed by atoms with van der Waals surface area (Å²) in [4.78, 5) is 16.9. The third kappa shape index (κ3) is 3.51. The van der Waals surface area contributed by atoms with Crippen molar-refractivity contribution in [3.63, 3.8) is 0 Å². The van der Waals surface area contributed by atoms with Gasteiger partial charge in [0.05, 0.1) is 6.10 Å². The van der Waals surface area contributed by atoms with Crippen LogP contribution in [0.4, 0.5) is 0 Å². The molecule has 116 valence electrons. The normalized spacial score (nSPS) is 29.1. The molecule has 2 aliphatic heterocycles. The van der Waals surface area contributed by atoms with E-state index in [9.17, 15) is 4.79 Å². The fraction of sp³-hybridized carbons (Fsp3) is 0.933. The molecule has 1 amide bonds. The Labute approximate surface area is 122 Å². The second-order valence-electron chi connectivity index (χ2n) is 6.37. The lowest BCUT2D eigenvalue weighted by molar-refractivity contribution is -0.144. The maximum Gasteiger partial charge on any atom is 0.251 e.